The van der Waals surface area contributed by atoms with Crippen molar-refractivity contribution in [1.29, 1.82) is 0 Å². The molecule has 1 amide bonds. The largest absolute Gasteiger partial charge is 0.507 e. The smallest absolute Gasteiger partial charge is 0.300 e. The SMILES string of the molecule is O=C1C(=O)N(c2ccc(F)cc2)C(c2ccc(F)cc2)/C1=C(\O)c1ccc(Br)cc1. The van der Waals surface area contributed by atoms with Crippen molar-refractivity contribution >= 4 is 39.1 Å². The molecule has 1 saturated heterocycles. The van der Waals surface area contributed by atoms with E-state index in [-0.39, 0.29) is 17.0 Å². The zero-order valence-electron chi connectivity index (χ0n) is 15.4. The number of benzene rings is 3. The molecule has 0 bridgehead atoms. The molecule has 150 valence electrons. The number of Topliss-reactive ketones (excluding diaryl/α,β-unsaturated/α-hetero) is 1. The Balaban J connectivity index is 1.93. The van der Waals surface area contributed by atoms with Gasteiger partial charge in [0.15, 0.2) is 0 Å². The highest BCUT2D eigenvalue weighted by molar-refractivity contribution is 9.10. The number of nitrogens with zero attached hydrogens (tertiary/aromatic N) is 1. The van der Waals surface area contributed by atoms with Gasteiger partial charge in [-0.3, -0.25) is 14.5 Å². The van der Waals surface area contributed by atoms with Gasteiger partial charge >= 0.3 is 0 Å². The van der Waals surface area contributed by atoms with Crippen molar-refractivity contribution in [3.8, 4) is 0 Å². The Labute approximate surface area is 179 Å². The highest BCUT2D eigenvalue weighted by Crippen LogP contribution is 2.42. The molecule has 0 aliphatic carbocycles. The summed E-state index contributed by atoms with van der Waals surface area (Å²) in [6, 6.07) is 16.0. The monoisotopic (exact) mass is 469 g/mol. The van der Waals surface area contributed by atoms with Gasteiger partial charge < -0.3 is 5.11 Å². The first-order chi connectivity index (χ1) is 14.4. The molecule has 0 spiro atoms. The quantitative estimate of drug-likeness (QED) is 0.319. The van der Waals surface area contributed by atoms with Crippen LogP contribution in [0.3, 0.4) is 0 Å². The number of ketones is 1. The fraction of sp³-hybridized carbons (Fsp3) is 0.0435. The zero-order chi connectivity index (χ0) is 21.4. The Morgan fingerprint density at radius 2 is 1.37 bits per heavy atom. The molecule has 0 radical (unpaired) electrons. The van der Waals surface area contributed by atoms with Crippen LogP contribution in [0.5, 0.6) is 0 Å². The van der Waals surface area contributed by atoms with Gasteiger partial charge in [0.05, 0.1) is 11.6 Å². The van der Waals surface area contributed by atoms with E-state index >= 15 is 0 Å². The summed E-state index contributed by atoms with van der Waals surface area (Å²) in [6.07, 6.45) is 0. The van der Waals surface area contributed by atoms with Gasteiger partial charge in [0.1, 0.15) is 17.4 Å². The minimum Gasteiger partial charge on any atom is -0.507 e. The predicted octanol–water partition coefficient (Wildman–Crippen LogP) is 5.35. The maximum Gasteiger partial charge on any atom is 0.300 e. The van der Waals surface area contributed by atoms with Crippen LogP contribution in [0.15, 0.2) is 82.8 Å². The van der Waals surface area contributed by atoms with Crippen LogP contribution >= 0.6 is 15.9 Å². The second-order valence-electron chi connectivity index (χ2n) is 6.70. The molecule has 1 N–H and O–H groups in total. The van der Waals surface area contributed by atoms with Crippen molar-refractivity contribution in [3.63, 3.8) is 0 Å². The summed E-state index contributed by atoms with van der Waals surface area (Å²) in [4.78, 5) is 27.0. The molecule has 30 heavy (non-hydrogen) atoms. The third-order valence-electron chi connectivity index (χ3n) is 4.85. The molecule has 7 heteroatoms. The normalized spacial score (nSPS) is 18.1. The Bertz CT molecular complexity index is 1160. The third-order valence-corrected chi connectivity index (χ3v) is 5.38. The highest BCUT2D eigenvalue weighted by atomic mass is 79.9. The summed E-state index contributed by atoms with van der Waals surface area (Å²) in [5.41, 5.74) is 0.932. The van der Waals surface area contributed by atoms with Crippen molar-refractivity contribution in [1.82, 2.24) is 0 Å². The van der Waals surface area contributed by atoms with E-state index in [1.54, 1.807) is 24.3 Å². The summed E-state index contributed by atoms with van der Waals surface area (Å²) < 4.78 is 27.7. The number of rotatable bonds is 3. The van der Waals surface area contributed by atoms with E-state index in [1.807, 2.05) is 0 Å². The number of carbonyl (C=O) groups is 2. The van der Waals surface area contributed by atoms with E-state index in [0.717, 1.165) is 4.47 Å². The van der Waals surface area contributed by atoms with Gasteiger partial charge in [-0.05, 0) is 54.1 Å². The van der Waals surface area contributed by atoms with Crippen LogP contribution < -0.4 is 4.90 Å². The van der Waals surface area contributed by atoms with Gasteiger partial charge in [-0.25, -0.2) is 8.78 Å². The topological polar surface area (TPSA) is 57.6 Å². The van der Waals surface area contributed by atoms with Crippen LogP contribution in [0.25, 0.3) is 5.76 Å². The van der Waals surface area contributed by atoms with Crippen molar-refractivity contribution in [2.24, 2.45) is 0 Å². The Hall–Kier alpha value is -3.32. The second kappa shape index (κ2) is 7.84. The molecule has 4 rings (SSSR count). The van der Waals surface area contributed by atoms with Crippen LogP contribution in [0.1, 0.15) is 17.2 Å². The van der Waals surface area contributed by atoms with Gasteiger partial charge in [-0.15, -0.1) is 0 Å². The lowest BCUT2D eigenvalue weighted by Gasteiger charge is -2.25. The van der Waals surface area contributed by atoms with E-state index in [0.29, 0.717) is 11.1 Å². The minimum absolute atomic E-state index is 0.127. The molecule has 1 unspecified atom stereocenters. The molecule has 1 aliphatic heterocycles. The molecular weight excluding hydrogens is 456 g/mol. The van der Waals surface area contributed by atoms with E-state index < -0.39 is 29.4 Å². The standard InChI is InChI=1S/C23H14BrF2NO3/c24-15-5-1-14(2-6-15)21(28)19-20(13-3-7-16(25)8-4-13)27(23(30)22(19)29)18-11-9-17(26)10-12-18/h1-12,20,28H/b21-19+. The lowest BCUT2D eigenvalue weighted by atomic mass is 9.95. The molecule has 1 aliphatic rings. The minimum atomic E-state index is -1.00. The van der Waals surface area contributed by atoms with Gasteiger partial charge in [0.25, 0.3) is 11.7 Å². The van der Waals surface area contributed by atoms with Crippen molar-refractivity contribution in [3.05, 3.63) is 106 Å². The number of amides is 1. The molecule has 3 aromatic rings. The fourth-order valence-corrected chi connectivity index (χ4v) is 3.69. The molecule has 4 nitrogen and oxygen atoms in total. The molecule has 1 fully saturated rings. The molecule has 0 saturated carbocycles. The Morgan fingerprint density at radius 1 is 0.833 bits per heavy atom. The Kier molecular flexibility index (Phi) is 5.22. The van der Waals surface area contributed by atoms with Gasteiger partial charge in [0, 0.05) is 15.7 Å². The van der Waals surface area contributed by atoms with E-state index in [2.05, 4.69) is 15.9 Å². The van der Waals surface area contributed by atoms with E-state index in [9.17, 15) is 23.5 Å². The molecule has 1 atom stereocenters. The predicted molar refractivity (Wildman–Crippen MR) is 112 cm³/mol. The first kappa shape index (κ1) is 20.0. The summed E-state index contributed by atoms with van der Waals surface area (Å²) in [7, 11) is 0. The van der Waals surface area contributed by atoms with Crippen LogP contribution in [0.2, 0.25) is 0 Å². The molecule has 3 aromatic carbocycles. The average Bonchev–Trinajstić information content (AvgIpc) is 3.00. The zero-order valence-corrected chi connectivity index (χ0v) is 16.9. The number of hydrogen-bond donors (Lipinski definition) is 1. The third kappa shape index (κ3) is 3.52. The number of anilines is 1. The molecule has 0 aromatic heterocycles. The van der Waals surface area contributed by atoms with Gasteiger partial charge in [-0.1, -0.05) is 40.2 Å². The summed E-state index contributed by atoms with van der Waals surface area (Å²) >= 11 is 3.31. The summed E-state index contributed by atoms with van der Waals surface area (Å²) in [5, 5.41) is 10.9. The fourth-order valence-electron chi connectivity index (χ4n) is 3.42. The number of halogens is 3. The maximum atomic E-state index is 13.5. The first-order valence-corrected chi connectivity index (χ1v) is 9.74. The second-order valence-corrected chi connectivity index (χ2v) is 7.62. The summed E-state index contributed by atoms with van der Waals surface area (Å²) in [6.45, 7) is 0. The lowest BCUT2D eigenvalue weighted by molar-refractivity contribution is -0.132. The van der Waals surface area contributed by atoms with Gasteiger partial charge in [-0.2, -0.15) is 0 Å². The van der Waals surface area contributed by atoms with Crippen LogP contribution in [0.4, 0.5) is 14.5 Å². The number of aliphatic hydroxyl groups is 1. The first-order valence-electron chi connectivity index (χ1n) is 8.95. The maximum absolute atomic E-state index is 13.5. The Morgan fingerprint density at radius 3 is 1.93 bits per heavy atom. The summed E-state index contributed by atoms with van der Waals surface area (Å²) in [5.74, 6) is -3.07. The lowest BCUT2D eigenvalue weighted by Crippen LogP contribution is -2.29. The number of aliphatic hydroxyl groups excluding tert-OH is 1. The van der Waals surface area contributed by atoms with E-state index in [4.69, 9.17) is 0 Å². The number of carbonyl (C=O) groups excluding carboxylic acids is 2. The van der Waals surface area contributed by atoms with E-state index in [1.165, 1.54) is 53.4 Å². The van der Waals surface area contributed by atoms with Crippen molar-refractivity contribution in [2.45, 2.75) is 6.04 Å². The molecule has 1 heterocycles. The van der Waals surface area contributed by atoms with Crippen molar-refractivity contribution < 1.29 is 23.5 Å². The van der Waals surface area contributed by atoms with Crippen LogP contribution in [-0.4, -0.2) is 16.8 Å². The van der Waals surface area contributed by atoms with Gasteiger partial charge in [0.2, 0.25) is 0 Å². The van der Waals surface area contributed by atoms with Crippen molar-refractivity contribution in [2.75, 3.05) is 4.90 Å². The highest BCUT2D eigenvalue weighted by Gasteiger charge is 2.46. The van der Waals surface area contributed by atoms with Crippen LogP contribution in [0, 0.1) is 11.6 Å². The molecular formula is C23H14BrF2NO3. The average molecular weight is 470 g/mol. The number of hydrogen-bond acceptors (Lipinski definition) is 3. The van der Waals surface area contributed by atoms with Crippen LogP contribution in [-0.2, 0) is 9.59 Å².